The van der Waals surface area contributed by atoms with Gasteiger partial charge in [0.15, 0.2) is 0 Å². The largest absolute Gasteiger partial charge is 0.384 e. The summed E-state index contributed by atoms with van der Waals surface area (Å²) in [5.74, 6) is 0.413. The van der Waals surface area contributed by atoms with E-state index in [1.54, 1.807) is 12.1 Å². The summed E-state index contributed by atoms with van der Waals surface area (Å²) in [5, 5.41) is 12.9. The Morgan fingerprint density at radius 3 is 2.52 bits per heavy atom. The number of nitrogens with zero attached hydrogens (tertiary/aromatic N) is 2. The Kier molecular flexibility index (Phi) is 2.77. The summed E-state index contributed by atoms with van der Waals surface area (Å²) >= 11 is 0. The van der Waals surface area contributed by atoms with E-state index in [9.17, 15) is 10.1 Å². The molecule has 2 heterocycles. The molecule has 0 spiro atoms. The van der Waals surface area contributed by atoms with Crippen LogP contribution >= 0.6 is 0 Å². The van der Waals surface area contributed by atoms with Gasteiger partial charge in [-0.05, 0) is 24.3 Å². The summed E-state index contributed by atoms with van der Waals surface area (Å²) in [7, 11) is 0. The number of hydrogen-bond donors (Lipinski definition) is 2. The van der Waals surface area contributed by atoms with Crippen LogP contribution in [-0.4, -0.2) is 14.9 Å². The van der Waals surface area contributed by atoms with Gasteiger partial charge in [-0.3, -0.25) is 10.1 Å². The molecule has 0 saturated carbocycles. The number of nitro benzene ring substituents is 1. The summed E-state index contributed by atoms with van der Waals surface area (Å²) in [4.78, 5) is 18.2. The van der Waals surface area contributed by atoms with Crippen molar-refractivity contribution in [3.05, 3.63) is 64.7 Å². The van der Waals surface area contributed by atoms with E-state index in [-0.39, 0.29) is 5.69 Å². The number of nitrogen functional groups attached to an aromatic ring is 1. The van der Waals surface area contributed by atoms with Crippen molar-refractivity contribution >= 4 is 33.3 Å². The number of nitro groups is 1. The molecule has 0 radical (unpaired) electrons. The van der Waals surface area contributed by atoms with Crippen LogP contribution < -0.4 is 5.73 Å². The minimum atomic E-state index is -0.422. The van der Waals surface area contributed by atoms with Gasteiger partial charge >= 0.3 is 0 Å². The highest BCUT2D eigenvalue weighted by Gasteiger charge is 2.13. The van der Waals surface area contributed by atoms with E-state index in [0.29, 0.717) is 11.5 Å². The molecule has 23 heavy (non-hydrogen) atoms. The molecule has 0 atom stereocenters. The Balaban J connectivity index is 2.00. The van der Waals surface area contributed by atoms with Gasteiger partial charge in [0.25, 0.3) is 5.69 Å². The van der Waals surface area contributed by atoms with E-state index in [0.717, 1.165) is 27.4 Å². The monoisotopic (exact) mass is 304 g/mol. The standard InChI is InChI=1S/C17H12N4O2/c18-15-9-13-12-3-1-2-4-14(12)19-17(13)16(20-15)10-5-7-11(8-6-10)21(22)23/h1-9,19H,(H2,18,20). The Labute approximate surface area is 130 Å². The fourth-order valence-corrected chi connectivity index (χ4v) is 2.82. The topological polar surface area (TPSA) is 97.8 Å². The number of H-pyrrole nitrogens is 1. The van der Waals surface area contributed by atoms with Crippen LogP contribution in [0.3, 0.4) is 0 Å². The lowest BCUT2D eigenvalue weighted by molar-refractivity contribution is -0.384. The van der Waals surface area contributed by atoms with E-state index in [2.05, 4.69) is 9.97 Å². The van der Waals surface area contributed by atoms with Crippen LogP contribution in [0, 0.1) is 10.1 Å². The molecule has 4 rings (SSSR count). The Morgan fingerprint density at radius 1 is 1.04 bits per heavy atom. The molecule has 0 aliphatic heterocycles. The number of nitrogens with one attached hydrogen (secondary N) is 1. The Bertz CT molecular complexity index is 1050. The smallest absolute Gasteiger partial charge is 0.269 e. The summed E-state index contributed by atoms with van der Waals surface area (Å²) in [6, 6.07) is 16.1. The average Bonchev–Trinajstić information content (AvgIpc) is 2.93. The number of benzene rings is 2. The zero-order valence-corrected chi connectivity index (χ0v) is 12.0. The van der Waals surface area contributed by atoms with Gasteiger partial charge in [-0.1, -0.05) is 18.2 Å². The van der Waals surface area contributed by atoms with Crippen LogP contribution in [-0.2, 0) is 0 Å². The van der Waals surface area contributed by atoms with E-state index in [1.807, 2.05) is 30.3 Å². The number of nitrogens with two attached hydrogens (primary N) is 1. The normalized spacial score (nSPS) is 11.1. The number of rotatable bonds is 2. The fraction of sp³-hybridized carbons (Fsp3) is 0. The third kappa shape index (κ3) is 2.08. The molecule has 6 nitrogen and oxygen atoms in total. The Morgan fingerprint density at radius 2 is 1.78 bits per heavy atom. The second-order valence-electron chi connectivity index (χ2n) is 5.29. The first-order valence-corrected chi connectivity index (χ1v) is 7.05. The highest BCUT2D eigenvalue weighted by molar-refractivity contribution is 6.11. The molecule has 0 bridgehead atoms. The molecule has 3 N–H and O–H groups in total. The first-order chi connectivity index (χ1) is 11.1. The van der Waals surface area contributed by atoms with Crippen LogP contribution in [0.1, 0.15) is 0 Å². The highest BCUT2D eigenvalue weighted by atomic mass is 16.6. The molecule has 0 aliphatic carbocycles. The zero-order valence-electron chi connectivity index (χ0n) is 12.0. The molecule has 2 aromatic heterocycles. The third-order valence-corrected chi connectivity index (χ3v) is 3.87. The van der Waals surface area contributed by atoms with Crippen molar-refractivity contribution in [3.63, 3.8) is 0 Å². The van der Waals surface area contributed by atoms with Gasteiger partial charge in [0.05, 0.1) is 16.1 Å². The minimum absolute atomic E-state index is 0.0468. The molecule has 2 aromatic carbocycles. The van der Waals surface area contributed by atoms with Crippen molar-refractivity contribution in [1.29, 1.82) is 0 Å². The van der Waals surface area contributed by atoms with Gasteiger partial charge in [0.2, 0.25) is 0 Å². The summed E-state index contributed by atoms with van der Waals surface area (Å²) in [6.07, 6.45) is 0. The number of anilines is 1. The molecule has 4 aromatic rings. The minimum Gasteiger partial charge on any atom is -0.384 e. The summed E-state index contributed by atoms with van der Waals surface area (Å²) in [5.41, 5.74) is 9.34. The lowest BCUT2D eigenvalue weighted by Gasteiger charge is -2.04. The number of aromatic amines is 1. The van der Waals surface area contributed by atoms with Crippen LogP contribution in [0.5, 0.6) is 0 Å². The first-order valence-electron chi connectivity index (χ1n) is 7.05. The van der Waals surface area contributed by atoms with E-state index in [1.165, 1.54) is 12.1 Å². The molecule has 0 amide bonds. The molecule has 0 saturated heterocycles. The number of fused-ring (bicyclic) bond motifs is 3. The maximum Gasteiger partial charge on any atom is 0.269 e. The van der Waals surface area contributed by atoms with Gasteiger partial charge < -0.3 is 10.7 Å². The fourth-order valence-electron chi connectivity index (χ4n) is 2.82. The maximum atomic E-state index is 10.8. The first kappa shape index (κ1) is 13.3. The Hall–Kier alpha value is -3.41. The van der Waals surface area contributed by atoms with Gasteiger partial charge in [-0.2, -0.15) is 0 Å². The molecule has 0 fully saturated rings. The molecule has 0 aliphatic rings. The summed E-state index contributed by atoms with van der Waals surface area (Å²) < 4.78 is 0. The van der Waals surface area contributed by atoms with Gasteiger partial charge in [-0.15, -0.1) is 0 Å². The number of hydrogen-bond acceptors (Lipinski definition) is 4. The predicted octanol–water partition coefficient (Wildman–Crippen LogP) is 3.87. The quantitative estimate of drug-likeness (QED) is 0.434. The maximum absolute atomic E-state index is 10.8. The van der Waals surface area contributed by atoms with Crippen LogP contribution in [0.15, 0.2) is 54.6 Å². The highest BCUT2D eigenvalue weighted by Crippen LogP contribution is 2.33. The number of para-hydroxylation sites is 1. The van der Waals surface area contributed by atoms with Gasteiger partial charge in [-0.25, -0.2) is 4.98 Å². The second-order valence-corrected chi connectivity index (χ2v) is 5.29. The van der Waals surface area contributed by atoms with E-state index < -0.39 is 4.92 Å². The van der Waals surface area contributed by atoms with Crippen molar-refractivity contribution in [2.24, 2.45) is 0 Å². The van der Waals surface area contributed by atoms with Crippen molar-refractivity contribution in [2.75, 3.05) is 5.73 Å². The third-order valence-electron chi connectivity index (χ3n) is 3.87. The molecule has 6 heteroatoms. The molecule has 112 valence electrons. The van der Waals surface area contributed by atoms with Gasteiger partial charge in [0.1, 0.15) is 5.82 Å². The van der Waals surface area contributed by atoms with Crippen molar-refractivity contribution in [1.82, 2.24) is 9.97 Å². The molecule has 0 unspecified atom stereocenters. The number of pyridine rings is 1. The predicted molar refractivity (Wildman–Crippen MR) is 90.1 cm³/mol. The number of non-ortho nitro benzene ring substituents is 1. The number of aromatic nitrogens is 2. The van der Waals surface area contributed by atoms with Crippen LogP contribution in [0.4, 0.5) is 11.5 Å². The average molecular weight is 304 g/mol. The lowest BCUT2D eigenvalue weighted by Crippen LogP contribution is -1.94. The molecular formula is C17H12N4O2. The van der Waals surface area contributed by atoms with Crippen molar-refractivity contribution in [2.45, 2.75) is 0 Å². The summed E-state index contributed by atoms with van der Waals surface area (Å²) in [6.45, 7) is 0. The van der Waals surface area contributed by atoms with Crippen LogP contribution in [0.25, 0.3) is 33.1 Å². The lowest BCUT2D eigenvalue weighted by atomic mass is 10.1. The van der Waals surface area contributed by atoms with Crippen LogP contribution in [0.2, 0.25) is 0 Å². The molecular weight excluding hydrogens is 292 g/mol. The van der Waals surface area contributed by atoms with E-state index in [4.69, 9.17) is 5.73 Å². The van der Waals surface area contributed by atoms with Crippen molar-refractivity contribution < 1.29 is 4.92 Å². The SMILES string of the molecule is Nc1cc2c([nH]c3ccccc32)c(-c2ccc([N+](=O)[O-])cc2)n1. The van der Waals surface area contributed by atoms with Gasteiger partial charge in [0, 0.05) is 34.0 Å². The second kappa shape index (κ2) is 4.81. The van der Waals surface area contributed by atoms with Crippen molar-refractivity contribution in [3.8, 4) is 11.3 Å². The van der Waals surface area contributed by atoms with E-state index >= 15 is 0 Å². The zero-order chi connectivity index (χ0) is 16.0.